The monoisotopic (exact) mass is 259 g/mol. The molecule has 3 heteroatoms. The quantitative estimate of drug-likeness (QED) is 0.642. The standard InChI is InChI=1S/C14H29NOS/c1-3-9-15-13-14(6-5-12-17-4-2)7-10-16-11-8-14/h15H,3-13H2,1-2H3. The Labute approximate surface area is 111 Å². The zero-order chi connectivity index (χ0) is 12.4. The van der Waals surface area contributed by atoms with Gasteiger partial charge in [0.1, 0.15) is 0 Å². The Balaban J connectivity index is 2.29. The Bertz CT molecular complexity index is 181. The van der Waals surface area contributed by atoms with Crippen LogP contribution in [-0.4, -0.2) is 37.8 Å². The van der Waals surface area contributed by atoms with E-state index in [2.05, 4.69) is 30.9 Å². The number of hydrogen-bond acceptors (Lipinski definition) is 3. The molecule has 2 nitrogen and oxygen atoms in total. The van der Waals surface area contributed by atoms with E-state index in [9.17, 15) is 0 Å². The van der Waals surface area contributed by atoms with Gasteiger partial charge in [0, 0.05) is 19.8 Å². The van der Waals surface area contributed by atoms with Crippen LogP contribution < -0.4 is 5.32 Å². The van der Waals surface area contributed by atoms with Crippen LogP contribution in [0.3, 0.4) is 0 Å². The van der Waals surface area contributed by atoms with Gasteiger partial charge in [0.2, 0.25) is 0 Å². The Kier molecular flexibility index (Phi) is 8.33. The van der Waals surface area contributed by atoms with Gasteiger partial charge in [0.15, 0.2) is 0 Å². The number of rotatable bonds is 9. The molecule has 1 aliphatic heterocycles. The summed E-state index contributed by atoms with van der Waals surface area (Å²) < 4.78 is 5.53. The van der Waals surface area contributed by atoms with E-state index in [1.54, 1.807) is 0 Å². The molecule has 0 aromatic rings. The van der Waals surface area contributed by atoms with E-state index in [4.69, 9.17) is 4.74 Å². The van der Waals surface area contributed by atoms with Gasteiger partial charge in [-0.25, -0.2) is 0 Å². The minimum Gasteiger partial charge on any atom is -0.381 e. The summed E-state index contributed by atoms with van der Waals surface area (Å²) in [6.45, 7) is 8.77. The highest BCUT2D eigenvalue weighted by atomic mass is 32.2. The summed E-state index contributed by atoms with van der Waals surface area (Å²) in [5.74, 6) is 2.58. The molecule has 0 bridgehead atoms. The molecule has 0 atom stereocenters. The largest absolute Gasteiger partial charge is 0.381 e. The Morgan fingerprint density at radius 2 is 2.00 bits per heavy atom. The van der Waals surface area contributed by atoms with Gasteiger partial charge in [-0.05, 0) is 55.6 Å². The van der Waals surface area contributed by atoms with Crippen molar-refractivity contribution in [1.29, 1.82) is 0 Å². The first kappa shape index (κ1) is 15.3. The fraction of sp³-hybridized carbons (Fsp3) is 1.00. The second kappa shape index (κ2) is 9.23. The molecule has 0 unspecified atom stereocenters. The topological polar surface area (TPSA) is 21.3 Å². The van der Waals surface area contributed by atoms with Gasteiger partial charge in [-0.3, -0.25) is 0 Å². The summed E-state index contributed by atoms with van der Waals surface area (Å²) in [6, 6.07) is 0. The van der Waals surface area contributed by atoms with Crippen molar-refractivity contribution in [2.24, 2.45) is 5.41 Å². The first-order valence-corrected chi connectivity index (χ1v) is 8.34. The van der Waals surface area contributed by atoms with Gasteiger partial charge >= 0.3 is 0 Å². The minimum absolute atomic E-state index is 0.529. The lowest BCUT2D eigenvalue weighted by atomic mass is 9.76. The van der Waals surface area contributed by atoms with Gasteiger partial charge < -0.3 is 10.1 Å². The van der Waals surface area contributed by atoms with E-state index in [1.165, 1.54) is 50.2 Å². The third-order valence-electron chi connectivity index (χ3n) is 3.68. The highest BCUT2D eigenvalue weighted by Crippen LogP contribution is 2.35. The van der Waals surface area contributed by atoms with E-state index in [-0.39, 0.29) is 0 Å². The first-order chi connectivity index (χ1) is 8.33. The maximum atomic E-state index is 5.53. The lowest BCUT2D eigenvalue weighted by Crippen LogP contribution is -2.39. The molecule has 1 N–H and O–H groups in total. The Morgan fingerprint density at radius 3 is 2.65 bits per heavy atom. The molecule has 0 aromatic carbocycles. The van der Waals surface area contributed by atoms with Crippen LogP contribution in [0.4, 0.5) is 0 Å². The van der Waals surface area contributed by atoms with Gasteiger partial charge in [-0.15, -0.1) is 0 Å². The third-order valence-corrected chi connectivity index (χ3v) is 4.67. The summed E-state index contributed by atoms with van der Waals surface area (Å²) in [7, 11) is 0. The number of thioether (sulfide) groups is 1. The van der Waals surface area contributed by atoms with Crippen LogP contribution in [0.25, 0.3) is 0 Å². The van der Waals surface area contributed by atoms with Crippen molar-refractivity contribution >= 4 is 11.8 Å². The summed E-state index contributed by atoms with van der Waals surface area (Å²) in [6.07, 6.45) is 6.48. The fourth-order valence-electron chi connectivity index (χ4n) is 2.54. The summed E-state index contributed by atoms with van der Waals surface area (Å²) in [5.41, 5.74) is 0.529. The van der Waals surface area contributed by atoms with Crippen molar-refractivity contribution in [3.8, 4) is 0 Å². The number of ether oxygens (including phenoxy) is 1. The molecule has 0 aromatic heterocycles. The van der Waals surface area contributed by atoms with Gasteiger partial charge in [-0.2, -0.15) is 11.8 Å². The second-order valence-electron chi connectivity index (χ2n) is 5.09. The summed E-state index contributed by atoms with van der Waals surface area (Å²) in [4.78, 5) is 0. The van der Waals surface area contributed by atoms with Crippen LogP contribution in [-0.2, 0) is 4.74 Å². The minimum atomic E-state index is 0.529. The zero-order valence-corrected chi connectivity index (χ0v) is 12.4. The average Bonchev–Trinajstić information content (AvgIpc) is 2.36. The lowest BCUT2D eigenvalue weighted by molar-refractivity contribution is 0.0103. The number of nitrogens with one attached hydrogen (secondary N) is 1. The Hall–Kier alpha value is 0.270. The molecule has 102 valence electrons. The molecule has 0 amide bonds. The average molecular weight is 259 g/mol. The normalized spacial score (nSPS) is 19.4. The van der Waals surface area contributed by atoms with Gasteiger partial charge in [0.05, 0.1) is 0 Å². The van der Waals surface area contributed by atoms with Crippen LogP contribution in [0.2, 0.25) is 0 Å². The lowest BCUT2D eigenvalue weighted by Gasteiger charge is -2.37. The molecule has 1 rings (SSSR count). The zero-order valence-electron chi connectivity index (χ0n) is 11.6. The summed E-state index contributed by atoms with van der Waals surface area (Å²) in [5, 5.41) is 3.62. The van der Waals surface area contributed by atoms with E-state index >= 15 is 0 Å². The summed E-state index contributed by atoms with van der Waals surface area (Å²) >= 11 is 2.07. The SMILES string of the molecule is CCCNCC1(CCCSCC)CCOCC1. The predicted molar refractivity (Wildman–Crippen MR) is 77.9 cm³/mol. The highest BCUT2D eigenvalue weighted by molar-refractivity contribution is 7.99. The van der Waals surface area contributed by atoms with Crippen LogP contribution >= 0.6 is 11.8 Å². The maximum absolute atomic E-state index is 5.53. The van der Waals surface area contributed by atoms with Gasteiger partial charge in [0.25, 0.3) is 0 Å². The highest BCUT2D eigenvalue weighted by Gasteiger charge is 2.31. The Morgan fingerprint density at radius 1 is 1.24 bits per heavy atom. The second-order valence-corrected chi connectivity index (χ2v) is 6.48. The molecule has 0 aliphatic carbocycles. The van der Waals surface area contributed by atoms with Crippen LogP contribution in [0.1, 0.15) is 46.0 Å². The third kappa shape index (κ3) is 6.12. The molecule has 1 heterocycles. The van der Waals surface area contributed by atoms with E-state index in [0.717, 1.165) is 19.8 Å². The smallest absolute Gasteiger partial charge is 0.0471 e. The van der Waals surface area contributed by atoms with Crippen LogP contribution in [0.5, 0.6) is 0 Å². The molecule has 1 saturated heterocycles. The van der Waals surface area contributed by atoms with Crippen molar-refractivity contribution in [2.45, 2.75) is 46.0 Å². The first-order valence-electron chi connectivity index (χ1n) is 7.19. The molecule has 17 heavy (non-hydrogen) atoms. The van der Waals surface area contributed by atoms with E-state index in [1.807, 2.05) is 0 Å². The van der Waals surface area contributed by atoms with E-state index < -0.39 is 0 Å². The van der Waals surface area contributed by atoms with Crippen molar-refractivity contribution in [2.75, 3.05) is 37.8 Å². The van der Waals surface area contributed by atoms with Crippen molar-refractivity contribution in [3.63, 3.8) is 0 Å². The van der Waals surface area contributed by atoms with Crippen molar-refractivity contribution < 1.29 is 4.74 Å². The molecule has 0 saturated carbocycles. The van der Waals surface area contributed by atoms with E-state index in [0.29, 0.717) is 5.41 Å². The van der Waals surface area contributed by atoms with Crippen molar-refractivity contribution in [1.82, 2.24) is 5.32 Å². The molecular weight excluding hydrogens is 230 g/mol. The predicted octanol–water partition coefficient (Wildman–Crippen LogP) is 3.32. The van der Waals surface area contributed by atoms with Crippen LogP contribution in [0, 0.1) is 5.41 Å². The number of hydrogen-bond donors (Lipinski definition) is 1. The van der Waals surface area contributed by atoms with Crippen molar-refractivity contribution in [3.05, 3.63) is 0 Å². The molecule has 0 radical (unpaired) electrons. The molecule has 1 fully saturated rings. The molecule has 0 spiro atoms. The molecule has 1 aliphatic rings. The van der Waals surface area contributed by atoms with Gasteiger partial charge in [-0.1, -0.05) is 13.8 Å². The van der Waals surface area contributed by atoms with Crippen LogP contribution in [0.15, 0.2) is 0 Å². The maximum Gasteiger partial charge on any atom is 0.0471 e. The molecular formula is C14H29NOS. The fourth-order valence-corrected chi connectivity index (χ4v) is 3.18.